The van der Waals surface area contributed by atoms with E-state index in [1.807, 2.05) is 23.1 Å². The van der Waals surface area contributed by atoms with Gasteiger partial charge in [-0.15, -0.1) is 0 Å². The van der Waals surface area contributed by atoms with Crippen molar-refractivity contribution in [2.24, 2.45) is 0 Å². The Morgan fingerprint density at radius 3 is 2.95 bits per heavy atom. The summed E-state index contributed by atoms with van der Waals surface area (Å²) in [5.41, 5.74) is 1.20. The average molecular weight is 319 g/mol. The van der Waals surface area contributed by atoms with Crippen molar-refractivity contribution in [3.63, 3.8) is 0 Å². The van der Waals surface area contributed by atoms with Crippen LogP contribution in [0, 0.1) is 0 Å². The van der Waals surface area contributed by atoms with Gasteiger partial charge in [-0.1, -0.05) is 24.1 Å². The summed E-state index contributed by atoms with van der Waals surface area (Å²) in [5, 5.41) is 4.98. The van der Waals surface area contributed by atoms with Gasteiger partial charge in [0.05, 0.1) is 17.8 Å². The van der Waals surface area contributed by atoms with Gasteiger partial charge in [0.15, 0.2) is 0 Å². The van der Waals surface area contributed by atoms with Crippen LogP contribution in [0.15, 0.2) is 36.8 Å². The van der Waals surface area contributed by atoms with Gasteiger partial charge < -0.3 is 0 Å². The third-order valence-corrected chi connectivity index (χ3v) is 4.62. The summed E-state index contributed by atoms with van der Waals surface area (Å²) in [4.78, 5) is 7.05. The second-order valence-corrected chi connectivity index (χ2v) is 6.40. The van der Waals surface area contributed by atoms with E-state index < -0.39 is 0 Å². The number of aryl methyl sites for hydroxylation is 1. The third kappa shape index (κ3) is 4.31. The van der Waals surface area contributed by atoms with Gasteiger partial charge in [0.25, 0.3) is 0 Å². The normalized spacial score (nSPS) is 19.4. The zero-order valence-corrected chi connectivity index (χ0v) is 13.6. The van der Waals surface area contributed by atoms with E-state index in [1.54, 1.807) is 6.20 Å². The van der Waals surface area contributed by atoms with Crippen molar-refractivity contribution < 1.29 is 0 Å². The molecule has 1 aliphatic heterocycles. The molecule has 0 bridgehead atoms. The van der Waals surface area contributed by atoms with Gasteiger partial charge in [0, 0.05) is 30.7 Å². The van der Waals surface area contributed by atoms with Crippen molar-refractivity contribution in [2.75, 3.05) is 13.1 Å². The number of likely N-dealkylation sites (tertiary alicyclic amines) is 1. The summed E-state index contributed by atoms with van der Waals surface area (Å²) in [7, 11) is 0. The predicted molar refractivity (Wildman–Crippen MR) is 89.0 cm³/mol. The molecule has 0 radical (unpaired) electrons. The first-order valence-corrected chi connectivity index (χ1v) is 8.51. The van der Waals surface area contributed by atoms with E-state index >= 15 is 0 Å². The fourth-order valence-electron chi connectivity index (χ4n) is 3.23. The molecule has 0 N–H and O–H groups in total. The van der Waals surface area contributed by atoms with Gasteiger partial charge in [-0.3, -0.25) is 14.6 Å². The summed E-state index contributed by atoms with van der Waals surface area (Å²) in [6.45, 7) is 3.15. The Labute approximate surface area is 137 Å². The molecule has 118 valence electrons. The molecule has 0 amide bonds. The van der Waals surface area contributed by atoms with Crippen LogP contribution in [0.4, 0.5) is 0 Å². The predicted octanol–water partition coefficient (Wildman–Crippen LogP) is 3.42. The maximum absolute atomic E-state index is 5.92. The molecule has 1 saturated heterocycles. The summed E-state index contributed by atoms with van der Waals surface area (Å²) in [6, 6.07) is 6.84. The summed E-state index contributed by atoms with van der Waals surface area (Å²) in [5.74, 6) is 0. The lowest BCUT2D eigenvalue weighted by Crippen LogP contribution is -2.41. The number of hydrogen-bond acceptors (Lipinski definition) is 3. The summed E-state index contributed by atoms with van der Waals surface area (Å²) < 4.78 is 1.94. The average Bonchev–Trinajstić information content (AvgIpc) is 2.98. The number of halogens is 1. The largest absolute Gasteiger partial charge is 0.299 e. The van der Waals surface area contributed by atoms with Crippen LogP contribution in [0.5, 0.6) is 0 Å². The molecule has 2 aromatic rings. The molecule has 0 spiro atoms. The van der Waals surface area contributed by atoms with Crippen molar-refractivity contribution >= 4 is 11.6 Å². The third-order valence-electron chi connectivity index (χ3n) is 4.43. The molecule has 4 nitrogen and oxygen atoms in total. The Morgan fingerprint density at radius 2 is 2.18 bits per heavy atom. The van der Waals surface area contributed by atoms with Gasteiger partial charge in [0.1, 0.15) is 0 Å². The Bertz CT molecular complexity index is 569. The molecule has 5 heteroatoms. The van der Waals surface area contributed by atoms with E-state index in [2.05, 4.69) is 27.1 Å². The van der Waals surface area contributed by atoms with E-state index in [4.69, 9.17) is 11.6 Å². The van der Waals surface area contributed by atoms with Crippen molar-refractivity contribution in [1.82, 2.24) is 19.7 Å². The Morgan fingerprint density at radius 1 is 1.23 bits per heavy atom. The second kappa shape index (κ2) is 7.75. The monoisotopic (exact) mass is 318 g/mol. The first kappa shape index (κ1) is 15.5. The zero-order valence-electron chi connectivity index (χ0n) is 12.9. The highest BCUT2D eigenvalue weighted by atomic mass is 35.5. The number of aromatic nitrogens is 3. The SMILES string of the molecule is Clc1cnn(CCN2CCCCC2CCc2ccccn2)c1. The molecule has 2 aromatic heterocycles. The molecule has 1 atom stereocenters. The minimum atomic E-state index is 0.668. The number of rotatable bonds is 6. The van der Waals surface area contributed by atoms with Crippen molar-refractivity contribution in [1.29, 1.82) is 0 Å². The second-order valence-electron chi connectivity index (χ2n) is 5.97. The smallest absolute Gasteiger partial charge is 0.0785 e. The lowest BCUT2D eigenvalue weighted by molar-refractivity contribution is 0.133. The fourth-order valence-corrected chi connectivity index (χ4v) is 3.39. The van der Waals surface area contributed by atoms with Crippen LogP contribution in [-0.2, 0) is 13.0 Å². The van der Waals surface area contributed by atoms with Gasteiger partial charge in [0.2, 0.25) is 0 Å². The maximum Gasteiger partial charge on any atom is 0.0785 e. The highest BCUT2D eigenvalue weighted by Gasteiger charge is 2.22. The molecule has 1 aliphatic rings. The van der Waals surface area contributed by atoms with E-state index in [1.165, 1.54) is 37.9 Å². The molecule has 3 heterocycles. The number of nitrogens with zero attached hydrogens (tertiary/aromatic N) is 4. The van der Waals surface area contributed by atoms with Crippen molar-refractivity contribution in [2.45, 2.75) is 44.7 Å². The Kier molecular flexibility index (Phi) is 5.46. The molecule has 0 aliphatic carbocycles. The highest BCUT2D eigenvalue weighted by molar-refractivity contribution is 6.30. The molecule has 1 fully saturated rings. The van der Waals surface area contributed by atoms with E-state index in [-0.39, 0.29) is 0 Å². The summed E-state index contributed by atoms with van der Waals surface area (Å²) in [6.07, 6.45) is 11.7. The Hall–Kier alpha value is -1.39. The van der Waals surface area contributed by atoms with E-state index in [0.717, 1.165) is 19.5 Å². The quantitative estimate of drug-likeness (QED) is 0.818. The first-order valence-electron chi connectivity index (χ1n) is 8.13. The van der Waals surface area contributed by atoms with Gasteiger partial charge in [-0.05, 0) is 44.4 Å². The molecular weight excluding hydrogens is 296 g/mol. The molecule has 22 heavy (non-hydrogen) atoms. The zero-order chi connectivity index (χ0) is 15.2. The molecular formula is C17H23ClN4. The van der Waals surface area contributed by atoms with Crippen LogP contribution in [0.3, 0.4) is 0 Å². The van der Waals surface area contributed by atoms with Crippen molar-refractivity contribution in [3.8, 4) is 0 Å². The van der Waals surface area contributed by atoms with Crippen LogP contribution < -0.4 is 0 Å². The first-order chi connectivity index (χ1) is 10.8. The van der Waals surface area contributed by atoms with Crippen LogP contribution in [0.1, 0.15) is 31.4 Å². The van der Waals surface area contributed by atoms with Crippen LogP contribution in [0.2, 0.25) is 5.02 Å². The van der Waals surface area contributed by atoms with Crippen LogP contribution in [-0.4, -0.2) is 38.8 Å². The Balaban J connectivity index is 1.52. The minimum Gasteiger partial charge on any atom is -0.299 e. The fraction of sp³-hybridized carbons (Fsp3) is 0.529. The standard InChI is InChI=1S/C17H23ClN4/c18-15-13-20-22(14-15)12-11-21-10-4-2-6-17(21)8-7-16-5-1-3-9-19-16/h1,3,5,9,13-14,17H,2,4,6-8,10-12H2. The van der Waals surface area contributed by atoms with Gasteiger partial charge in [-0.25, -0.2) is 0 Å². The van der Waals surface area contributed by atoms with E-state index in [9.17, 15) is 0 Å². The van der Waals surface area contributed by atoms with Crippen LogP contribution >= 0.6 is 11.6 Å². The van der Waals surface area contributed by atoms with Gasteiger partial charge in [-0.2, -0.15) is 5.10 Å². The van der Waals surface area contributed by atoms with Crippen molar-refractivity contribution in [3.05, 3.63) is 47.5 Å². The van der Waals surface area contributed by atoms with Gasteiger partial charge >= 0.3 is 0 Å². The minimum absolute atomic E-state index is 0.668. The molecule has 0 aromatic carbocycles. The lowest BCUT2D eigenvalue weighted by Gasteiger charge is -2.35. The molecule has 0 saturated carbocycles. The number of piperidine rings is 1. The number of pyridine rings is 1. The lowest BCUT2D eigenvalue weighted by atomic mass is 9.97. The van der Waals surface area contributed by atoms with E-state index in [0.29, 0.717) is 11.1 Å². The number of hydrogen-bond donors (Lipinski definition) is 0. The molecule has 3 rings (SSSR count). The molecule has 1 unspecified atom stereocenters. The maximum atomic E-state index is 5.92. The highest BCUT2D eigenvalue weighted by Crippen LogP contribution is 2.21. The topological polar surface area (TPSA) is 34.0 Å². The summed E-state index contributed by atoms with van der Waals surface area (Å²) >= 11 is 5.92. The van der Waals surface area contributed by atoms with Crippen LogP contribution in [0.25, 0.3) is 0 Å².